The van der Waals surface area contributed by atoms with Gasteiger partial charge in [-0.15, -0.1) is 0 Å². The Labute approximate surface area is 163 Å². The molecule has 0 aromatic heterocycles. The number of methoxy groups -OCH3 is 1. The van der Waals surface area contributed by atoms with Crippen molar-refractivity contribution in [3.05, 3.63) is 84.4 Å². The topological polar surface area (TPSA) is 76.7 Å². The predicted octanol–water partition coefficient (Wildman–Crippen LogP) is 3.97. The Morgan fingerprint density at radius 3 is 2.04 bits per heavy atom. The molecule has 0 atom stereocenters. The fourth-order valence-corrected chi connectivity index (χ4v) is 2.51. The quantitative estimate of drug-likeness (QED) is 0.654. The largest absolute Gasteiger partial charge is 0.493 e. The second-order valence-electron chi connectivity index (χ2n) is 5.89. The van der Waals surface area contributed by atoms with Crippen LogP contribution >= 0.6 is 0 Å². The molecule has 6 nitrogen and oxygen atoms in total. The maximum absolute atomic E-state index is 12.2. The van der Waals surface area contributed by atoms with Gasteiger partial charge in [-0.05, 0) is 48.5 Å². The van der Waals surface area contributed by atoms with Crippen LogP contribution in [0.5, 0.6) is 11.5 Å². The third-order valence-corrected chi connectivity index (χ3v) is 3.89. The number of ether oxygens (including phenoxy) is 2. The first kappa shape index (κ1) is 19.0. The summed E-state index contributed by atoms with van der Waals surface area (Å²) in [6.45, 7) is -0.156. The van der Waals surface area contributed by atoms with E-state index in [4.69, 9.17) is 9.47 Å². The lowest BCUT2D eigenvalue weighted by Gasteiger charge is -2.11. The number of nitrogens with one attached hydrogen (secondary N) is 2. The van der Waals surface area contributed by atoms with Crippen LogP contribution in [-0.4, -0.2) is 25.5 Å². The number of benzene rings is 3. The maximum atomic E-state index is 12.2. The van der Waals surface area contributed by atoms with Crippen LogP contribution in [0.4, 0.5) is 11.4 Å². The normalized spacial score (nSPS) is 10.0. The Morgan fingerprint density at radius 1 is 0.750 bits per heavy atom. The summed E-state index contributed by atoms with van der Waals surface area (Å²) in [5.74, 6) is 0.521. The first-order valence-corrected chi connectivity index (χ1v) is 8.68. The monoisotopic (exact) mass is 376 g/mol. The molecule has 0 spiro atoms. The number of anilines is 2. The van der Waals surface area contributed by atoms with Crippen LogP contribution in [0.3, 0.4) is 0 Å². The molecule has 2 amide bonds. The Bertz CT molecular complexity index is 940. The third kappa shape index (κ3) is 5.11. The minimum atomic E-state index is -0.313. The van der Waals surface area contributed by atoms with Gasteiger partial charge < -0.3 is 20.1 Å². The van der Waals surface area contributed by atoms with Crippen molar-refractivity contribution in [3.8, 4) is 11.5 Å². The fraction of sp³-hybridized carbons (Fsp3) is 0.0909. The molecule has 0 saturated carbocycles. The average Bonchev–Trinajstić information content (AvgIpc) is 2.73. The van der Waals surface area contributed by atoms with Gasteiger partial charge in [-0.1, -0.05) is 30.3 Å². The molecule has 0 saturated heterocycles. The number of para-hydroxylation sites is 3. The van der Waals surface area contributed by atoms with Crippen LogP contribution in [0, 0.1) is 0 Å². The third-order valence-electron chi connectivity index (χ3n) is 3.89. The number of carbonyl (C=O) groups excluding carboxylic acids is 2. The summed E-state index contributed by atoms with van der Waals surface area (Å²) in [5, 5.41) is 5.54. The van der Waals surface area contributed by atoms with E-state index in [2.05, 4.69) is 10.6 Å². The number of hydrogen-bond donors (Lipinski definition) is 2. The second kappa shape index (κ2) is 9.23. The van der Waals surface area contributed by atoms with Gasteiger partial charge in [0.15, 0.2) is 18.1 Å². The van der Waals surface area contributed by atoms with Crippen molar-refractivity contribution in [1.82, 2.24) is 0 Å². The summed E-state index contributed by atoms with van der Waals surface area (Å²) in [6, 6.07) is 22.9. The standard InChI is InChI=1S/C22H20N2O4/c1-27-19-9-5-6-10-20(19)28-15-21(25)23-18-13-11-16(12-14-18)22(26)24-17-7-3-2-4-8-17/h2-14H,15H2,1H3,(H,23,25)(H,24,26). The summed E-state index contributed by atoms with van der Waals surface area (Å²) in [6.07, 6.45) is 0. The predicted molar refractivity (Wildman–Crippen MR) is 108 cm³/mol. The van der Waals surface area contributed by atoms with Crippen molar-refractivity contribution < 1.29 is 19.1 Å². The summed E-state index contributed by atoms with van der Waals surface area (Å²) in [4.78, 5) is 24.3. The van der Waals surface area contributed by atoms with E-state index in [0.29, 0.717) is 22.7 Å². The highest BCUT2D eigenvalue weighted by molar-refractivity contribution is 6.04. The molecule has 6 heteroatoms. The molecule has 0 unspecified atom stereocenters. The lowest BCUT2D eigenvalue weighted by Crippen LogP contribution is -2.20. The molecular formula is C22H20N2O4. The van der Waals surface area contributed by atoms with Crippen molar-refractivity contribution in [2.75, 3.05) is 24.4 Å². The summed E-state index contributed by atoms with van der Waals surface area (Å²) >= 11 is 0. The minimum absolute atomic E-state index is 0.156. The van der Waals surface area contributed by atoms with Gasteiger partial charge in [0, 0.05) is 16.9 Å². The zero-order valence-corrected chi connectivity index (χ0v) is 15.3. The summed E-state index contributed by atoms with van der Waals surface area (Å²) in [5.41, 5.74) is 1.79. The smallest absolute Gasteiger partial charge is 0.262 e. The minimum Gasteiger partial charge on any atom is -0.493 e. The van der Waals surface area contributed by atoms with Gasteiger partial charge in [0.2, 0.25) is 0 Å². The maximum Gasteiger partial charge on any atom is 0.262 e. The number of carbonyl (C=O) groups is 2. The number of rotatable bonds is 7. The summed E-state index contributed by atoms with van der Waals surface area (Å²) in [7, 11) is 1.54. The van der Waals surface area contributed by atoms with Crippen LogP contribution < -0.4 is 20.1 Å². The number of hydrogen-bond acceptors (Lipinski definition) is 4. The molecule has 3 aromatic rings. The average molecular weight is 376 g/mol. The van der Waals surface area contributed by atoms with Crippen molar-refractivity contribution >= 4 is 23.2 Å². The molecule has 0 radical (unpaired) electrons. The van der Waals surface area contributed by atoms with Gasteiger partial charge in [-0.3, -0.25) is 9.59 Å². The van der Waals surface area contributed by atoms with Crippen molar-refractivity contribution in [3.63, 3.8) is 0 Å². The highest BCUT2D eigenvalue weighted by atomic mass is 16.5. The molecule has 0 aliphatic heterocycles. The molecule has 0 fully saturated rings. The van der Waals surface area contributed by atoms with Gasteiger partial charge in [0.05, 0.1) is 7.11 Å². The Kier molecular flexibility index (Phi) is 6.25. The van der Waals surface area contributed by atoms with E-state index in [1.807, 2.05) is 36.4 Å². The van der Waals surface area contributed by atoms with Gasteiger partial charge in [0.25, 0.3) is 11.8 Å². The van der Waals surface area contributed by atoms with Crippen LogP contribution in [0.25, 0.3) is 0 Å². The van der Waals surface area contributed by atoms with Crippen molar-refractivity contribution in [2.45, 2.75) is 0 Å². The fourth-order valence-electron chi connectivity index (χ4n) is 2.51. The summed E-state index contributed by atoms with van der Waals surface area (Å²) < 4.78 is 10.7. The van der Waals surface area contributed by atoms with Gasteiger partial charge in [-0.2, -0.15) is 0 Å². The van der Waals surface area contributed by atoms with Crippen LogP contribution in [-0.2, 0) is 4.79 Å². The van der Waals surface area contributed by atoms with Gasteiger partial charge >= 0.3 is 0 Å². The number of amides is 2. The molecule has 0 heterocycles. The highest BCUT2D eigenvalue weighted by Crippen LogP contribution is 2.25. The van der Waals surface area contributed by atoms with E-state index in [9.17, 15) is 9.59 Å². The van der Waals surface area contributed by atoms with Gasteiger partial charge in [-0.25, -0.2) is 0 Å². The molecule has 0 bridgehead atoms. The highest BCUT2D eigenvalue weighted by Gasteiger charge is 2.09. The zero-order valence-electron chi connectivity index (χ0n) is 15.3. The molecule has 0 aliphatic carbocycles. The molecule has 3 rings (SSSR count). The Morgan fingerprint density at radius 2 is 1.36 bits per heavy atom. The van der Waals surface area contributed by atoms with E-state index in [0.717, 1.165) is 5.69 Å². The lowest BCUT2D eigenvalue weighted by molar-refractivity contribution is -0.118. The Balaban J connectivity index is 1.53. The first-order valence-electron chi connectivity index (χ1n) is 8.68. The lowest BCUT2D eigenvalue weighted by atomic mass is 10.2. The molecule has 142 valence electrons. The zero-order chi connectivity index (χ0) is 19.8. The van der Waals surface area contributed by atoms with E-state index in [-0.39, 0.29) is 18.4 Å². The molecular weight excluding hydrogens is 356 g/mol. The SMILES string of the molecule is COc1ccccc1OCC(=O)Nc1ccc(C(=O)Nc2ccccc2)cc1. The van der Waals surface area contributed by atoms with Gasteiger partial charge in [0.1, 0.15) is 0 Å². The molecule has 3 aromatic carbocycles. The molecule has 28 heavy (non-hydrogen) atoms. The first-order chi connectivity index (χ1) is 13.7. The van der Waals surface area contributed by atoms with Crippen molar-refractivity contribution in [1.29, 1.82) is 0 Å². The second-order valence-corrected chi connectivity index (χ2v) is 5.89. The molecule has 2 N–H and O–H groups in total. The van der Waals surface area contributed by atoms with Crippen molar-refractivity contribution in [2.24, 2.45) is 0 Å². The van der Waals surface area contributed by atoms with E-state index in [1.165, 1.54) is 7.11 Å². The van der Waals surface area contributed by atoms with Crippen LogP contribution in [0.1, 0.15) is 10.4 Å². The van der Waals surface area contributed by atoms with Crippen LogP contribution in [0.15, 0.2) is 78.9 Å². The van der Waals surface area contributed by atoms with Crippen LogP contribution in [0.2, 0.25) is 0 Å². The van der Waals surface area contributed by atoms with E-state index >= 15 is 0 Å². The van der Waals surface area contributed by atoms with E-state index < -0.39 is 0 Å². The van der Waals surface area contributed by atoms with E-state index in [1.54, 1.807) is 42.5 Å². The molecule has 0 aliphatic rings. The Hall–Kier alpha value is -3.80.